The second kappa shape index (κ2) is 7.63. The molecule has 0 aliphatic carbocycles. The van der Waals surface area contributed by atoms with Gasteiger partial charge in [-0.05, 0) is 42.5 Å². The lowest BCUT2D eigenvalue weighted by Gasteiger charge is -2.08. The Morgan fingerprint density at radius 3 is 2.34 bits per heavy atom. The lowest BCUT2D eigenvalue weighted by Crippen LogP contribution is -2.14. The molecule has 2 N–H and O–H groups in total. The molecule has 0 unspecified atom stereocenters. The highest BCUT2D eigenvalue weighted by Crippen LogP contribution is 2.31. The molecular weight excluding hydrogens is 386 g/mol. The summed E-state index contributed by atoms with van der Waals surface area (Å²) in [6.45, 7) is 0. The molecule has 1 amide bonds. The number of fused-ring (bicyclic) bond motifs is 1. The van der Waals surface area contributed by atoms with Gasteiger partial charge in [0.15, 0.2) is 0 Å². The Hall–Kier alpha value is -3.88. The molecule has 1 aromatic heterocycles. The van der Waals surface area contributed by atoms with Gasteiger partial charge in [0, 0.05) is 27.1 Å². The zero-order chi connectivity index (χ0) is 20.4. The number of aromatic amines is 1. The van der Waals surface area contributed by atoms with Crippen molar-refractivity contribution >= 4 is 39.9 Å². The summed E-state index contributed by atoms with van der Waals surface area (Å²) in [5.41, 5.74) is 2.65. The second-order valence-electron chi connectivity index (χ2n) is 6.40. The van der Waals surface area contributed by atoms with Crippen LogP contribution in [0.5, 0.6) is 0 Å². The first-order chi connectivity index (χ1) is 14.1. The molecule has 1 heterocycles. The minimum atomic E-state index is -0.382. The van der Waals surface area contributed by atoms with Gasteiger partial charge >= 0.3 is 0 Å². The normalized spacial score (nSPS) is 10.5. The van der Waals surface area contributed by atoms with Crippen LogP contribution in [-0.4, -0.2) is 16.7 Å². The summed E-state index contributed by atoms with van der Waals surface area (Å²) in [5.74, 6) is -0.625. The monoisotopic (exact) mass is 399 g/mol. The summed E-state index contributed by atoms with van der Waals surface area (Å²) >= 11 is 6.09. The van der Waals surface area contributed by atoms with Crippen LogP contribution in [-0.2, 0) is 0 Å². The maximum atomic E-state index is 13.1. The zero-order valence-electron chi connectivity index (χ0n) is 15.1. The van der Waals surface area contributed by atoms with Gasteiger partial charge in [-0.3, -0.25) is 9.59 Å². The third-order valence-electron chi connectivity index (χ3n) is 4.54. The highest BCUT2D eigenvalue weighted by molar-refractivity contribution is 6.31. The first-order valence-electron chi connectivity index (χ1n) is 8.79. The van der Waals surface area contributed by atoms with E-state index in [9.17, 15) is 9.59 Å². The lowest BCUT2D eigenvalue weighted by molar-refractivity contribution is 0.102. The van der Waals surface area contributed by atoms with E-state index in [0.717, 1.165) is 0 Å². The molecule has 0 atom stereocenters. The van der Waals surface area contributed by atoms with Gasteiger partial charge in [0.2, 0.25) is 5.78 Å². The minimum absolute atomic E-state index is 0.243. The van der Waals surface area contributed by atoms with E-state index in [4.69, 9.17) is 16.9 Å². The van der Waals surface area contributed by atoms with Crippen LogP contribution in [0.3, 0.4) is 0 Å². The molecule has 4 aromatic rings. The van der Waals surface area contributed by atoms with E-state index >= 15 is 0 Å². The number of hydrogen-bond donors (Lipinski definition) is 2. The molecule has 0 fully saturated rings. The fourth-order valence-electron chi connectivity index (χ4n) is 3.09. The molecule has 29 heavy (non-hydrogen) atoms. The number of nitrogens with one attached hydrogen (secondary N) is 2. The van der Waals surface area contributed by atoms with Crippen molar-refractivity contribution in [2.24, 2.45) is 0 Å². The second-order valence-corrected chi connectivity index (χ2v) is 6.84. The van der Waals surface area contributed by atoms with Gasteiger partial charge in [0.25, 0.3) is 5.91 Å². The van der Waals surface area contributed by atoms with Gasteiger partial charge in [-0.2, -0.15) is 5.26 Å². The fourth-order valence-corrected chi connectivity index (χ4v) is 3.26. The highest BCUT2D eigenvalue weighted by Gasteiger charge is 2.21. The molecule has 0 spiro atoms. The van der Waals surface area contributed by atoms with Crippen molar-refractivity contribution in [2.45, 2.75) is 0 Å². The number of carbonyl (C=O) groups is 2. The number of H-pyrrole nitrogens is 1. The number of rotatable bonds is 4. The first kappa shape index (κ1) is 18.5. The average molecular weight is 400 g/mol. The molecule has 0 aliphatic rings. The Balaban J connectivity index is 1.78. The van der Waals surface area contributed by atoms with Crippen LogP contribution in [0.1, 0.15) is 32.0 Å². The van der Waals surface area contributed by atoms with Crippen molar-refractivity contribution in [3.63, 3.8) is 0 Å². The number of hydrogen-bond acceptors (Lipinski definition) is 3. The molecule has 0 saturated carbocycles. The van der Waals surface area contributed by atoms with Crippen LogP contribution in [0, 0.1) is 11.3 Å². The van der Waals surface area contributed by atoms with Crippen LogP contribution in [0.25, 0.3) is 10.9 Å². The van der Waals surface area contributed by atoms with Crippen molar-refractivity contribution in [3.05, 3.63) is 100 Å². The number of amides is 1. The summed E-state index contributed by atoms with van der Waals surface area (Å²) in [4.78, 5) is 28.9. The maximum Gasteiger partial charge on any atom is 0.255 e. The molecule has 0 radical (unpaired) electrons. The van der Waals surface area contributed by atoms with Gasteiger partial charge in [0.1, 0.15) is 5.69 Å². The van der Waals surface area contributed by atoms with Crippen LogP contribution in [0.2, 0.25) is 5.02 Å². The Bertz CT molecular complexity index is 1270. The Morgan fingerprint density at radius 1 is 0.931 bits per heavy atom. The summed E-state index contributed by atoms with van der Waals surface area (Å²) in [7, 11) is 0. The summed E-state index contributed by atoms with van der Waals surface area (Å²) in [6.07, 6.45) is 0. The van der Waals surface area contributed by atoms with E-state index in [2.05, 4.69) is 10.3 Å². The number of ketones is 1. The van der Waals surface area contributed by atoms with E-state index in [0.29, 0.717) is 38.3 Å². The van der Waals surface area contributed by atoms with Gasteiger partial charge < -0.3 is 10.3 Å². The van der Waals surface area contributed by atoms with Gasteiger partial charge in [0.05, 0.1) is 17.3 Å². The minimum Gasteiger partial charge on any atom is -0.350 e. The van der Waals surface area contributed by atoms with E-state index in [1.165, 1.54) is 0 Å². The summed E-state index contributed by atoms with van der Waals surface area (Å²) in [5, 5.41) is 13.0. The molecule has 0 bridgehead atoms. The molecule has 140 valence electrons. The Morgan fingerprint density at radius 2 is 1.66 bits per heavy atom. The molecule has 3 aromatic carbocycles. The molecule has 6 heteroatoms. The van der Waals surface area contributed by atoms with Crippen LogP contribution in [0.15, 0.2) is 72.8 Å². The van der Waals surface area contributed by atoms with Crippen LogP contribution in [0.4, 0.5) is 5.69 Å². The van der Waals surface area contributed by atoms with E-state index in [1.54, 1.807) is 66.7 Å². The summed E-state index contributed by atoms with van der Waals surface area (Å²) in [6, 6.07) is 22.3. The predicted molar refractivity (Wildman–Crippen MR) is 112 cm³/mol. The smallest absolute Gasteiger partial charge is 0.255 e. The molecule has 0 aliphatic heterocycles. The van der Waals surface area contributed by atoms with E-state index in [-0.39, 0.29) is 17.4 Å². The number of anilines is 1. The molecule has 4 rings (SSSR count). The third kappa shape index (κ3) is 3.62. The van der Waals surface area contributed by atoms with Crippen molar-refractivity contribution in [1.29, 1.82) is 5.26 Å². The SMILES string of the molecule is N#Cc1ccc(C(=O)Nc2c(C(=O)c3ccccc3)[nH]c3cc(Cl)ccc23)cc1. The zero-order valence-corrected chi connectivity index (χ0v) is 15.8. The maximum absolute atomic E-state index is 13.1. The lowest BCUT2D eigenvalue weighted by atomic mass is 10.1. The van der Waals surface area contributed by atoms with Gasteiger partial charge in [-0.1, -0.05) is 41.9 Å². The van der Waals surface area contributed by atoms with Crippen LogP contribution < -0.4 is 5.32 Å². The summed E-state index contributed by atoms with van der Waals surface area (Å²) < 4.78 is 0. The van der Waals surface area contributed by atoms with Crippen LogP contribution >= 0.6 is 11.6 Å². The quantitative estimate of drug-likeness (QED) is 0.464. The molecule has 5 nitrogen and oxygen atoms in total. The fraction of sp³-hybridized carbons (Fsp3) is 0. The molecular formula is C23H14ClN3O2. The standard InChI is InChI=1S/C23H14ClN3O2/c24-17-10-11-18-19(12-17)26-21(22(28)15-4-2-1-3-5-15)20(18)27-23(29)16-8-6-14(13-25)7-9-16/h1-12,26H,(H,27,29). The number of nitrogens with zero attached hydrogens (tertiary/aromatic N) is 1. The number of aromatic nitrogens is 1. The Labute approximate surface area is 171 Å². The number of carbonyl (C=O) groups excluding carboxylic acids is 2. The van der Waals surface area contributed by atoms with E-state index < -0.39 is 0 Å². The predicted octanol–water partition coefficient (Wildman–Crippen LogP) is 5.18. The van der Waals surface area contributed by atoms with Crippen molar-refractivity contribution in [3.8, 4) is 6.07 Å². The first-order valence-corrected chi connectivity index (χ1v) is 9.17. The number of halogens is 1. The third-order valence-corrected chi connectivity index (χ3v) is 4.77. The number of nitriles is 1. The van der Waals surface area contributed by atoms with Crippen molar-refractivity contribution in [1.82, 2.24) is 4.98 Å². The highest BCUT2D eigenvalue weighted by atomic mass is 35.5. The van der Waals surface area contributed by atoms with Gasteiger partial charge in [-0.15, -0.1) is 0 Å². The Kier molecular flexibility index (Phi) is 4.86. The largest absolute Gasteiger partial charge is 0.350 e. The van der Waals surface area contributed by atoms with E-state index in [1.807, 2.05) is 12.1 Å². The van der Waals surface area contributed by atoms with Gasteiger partial charge in [-0.25, -0.2) is 0 Å². The topological polar surface area (TPSA) is 85.8 Å². The van der Waals surface area contributed by atoms with Crippen molar-refractivity contribution in [2.75, 3.05) is 5.32 Å². The van der Waals surface area contributed by atoms with Crippen molar-refractivity contribution < 1.29 is 9.59 Å². The molecule has 0 saturated heterocycles. The average Bonchev–Trinajstić information content (AvgIpc) is 3.11. The number of benzene rings is 3.